The molecule has 0 bridgehead atoms. The fourth-order valence-electron chi connectivity index (χ4n) is 15.8. The molecule has 8 rings (SSSR count). The highest BCUT2D eigenvalue weighted by Gasteiger charge is 2.70. The number of carbonyl (C=O) groups is 2. The van der Waals surface area contributed by atoms with Gasteiger partial charge in [0.15, 0.2) is 9.84 Å². The van der Waals surface area contributed by atoms with Gasteiger partial charge >= 0.3 is 11.9 Å². The van der Waals surface area contributed by atoms with Gasteiger partial charge in [0.25, 0.3) is 0 Å². The monoisotopic (exact) mass is 913 g/mol. The Kier molecular flexibility index (Phi) is 13.2. The Morgan fingerprint density at radius 2 is 1.72 bits per heavy atom. The fraction of sp³-hybridized carbons (Fsp3) is 0.736. The van der Waals surface area contributed by atoms with Crippen molar-refractivity contribution in [1.82, 2.24) is 15.2 Å². The standard InChI is InChI=1S/C53H76N4O7S/c1-9-44(58)63-35-64-47(59)52(34-62-46-38(33-54)11-10-26-55-46)21-14-37(15-22-52)40-17-19-49(6)42(48(40,4)5)18-20-51(8)43(49)13-12-41-45-39(36(2)3)16-23-53(45,25-24-50(41,51)7)56-27-28-57-29-31-65(60,61)32-30-57/h10-11,14,17,26,39,41-43,45,56H,2,9,12-13,15-16,18-25,27-32,34-35H2,1,3-8H3/t39-,41+,42-,43+,45+,49-,50+,51+,52+,53-/m0/s1. The third-order valence-corrected chi connectivity index (χ3v) is 21.1. The number of nitrogens with zero attached hydrogens (tertiary/aromatic N) is 3. The maximum absolute atomic E-state index is 13.9. The second kappa shape index (κ2) is 17.8. The molecule has 2 heterocycles. The molecule has 12 heteroatoms. The van der Waals surface area contributed by atoms with Gasteiger partial charge in [-0.25, -0.2) is 13.4 Å². The first kappa shape index (κ1) is 47.9. The van der Waals surface area contributed by atoms with E-state index >= 15 is 0 Å². The van der Waals surface area contributed by atoms with Gasteiger partial charge in [0.2, 0.25) is 12.7 Å². The van der Waals surface area contributed by atoms with Crippen molar-refractivity contribution >= 4 is 21.8 Å². The number of nitrogens with one attached hydrogen (secondary N) is 1. The van der Waals surface area contributed by atoms with Gasteiger partial charge < -0.3 is 24.4 Å². The highest BCUT2D eigenvalue weighted by atomic mass is 32.2. The average Bonchev–Trinajstić information content (AvgIpc) is 3.66. The molecule has 0 amide bonds. The van der Waals surface area contributed by atoms with Gasteiger partial charge in [-0.05, 0) is 159 Å². The maximum atomic E-state index is 13.9. The van der Waals surface area contributed by atoms with E-state index in [0.29, 0.717) is 67.5 Å². The highest BCUT2D eigenvalue weighted by Crippen LogP contribution is 2.76. The number of pyridine rings is 1. The number of esters is 2. The van der Waals surface area contributed by atoms with Crippen molar-refractivity contribution in [2.45, 2.75) is 137 Å². The summed E-state index contributed by atoms with van der Waals surface area (Å²) in [7, 11) is -2.89. The SMILES string of the molecule is C=C(C)[C@@H]1CC[C@]2(NCCN3CCS(=O)(=O)CC3)CC[C@]3(C)[C@H](CC[C@@H]4[C@@]5(C)CC=C(C6=CC[C@@](COc7ncccc7C#N)(C(=O)OCOC(=O)CC)CC6)C(C)(C)[C@@H]5CC[C@]43C)[C@@H]12. The summed E-state index contributed by atoms with van der Waals surface area (Å²) in [6.45, 7) is 24.2. The van der Waals surface area contributed by atoms with E-state index < -0.39 is 34.0 Å². The molecule has 0 aromatic carbocycles. The fourth-order valence-corrected chi connectivity index (χ4v) is 17.0. The normalized spacial score (nSPS) is 38.3. The van der Waals surface area contributed by atoms with Gasteiger partial charge in [-0.2, -0.15) is 5.26 Å². The minimum atomic E-state index is -2.89. The van der Waals surface area contributed by atoms with Crippen LogP contribution in [0.15, 0.2) is 53.8 Å². The van der Waals surface area contributed by atoms with Crippen molar-refractivity contribution in [3.8, 4) is 11.9 Å². The van der Waals surface area contributed by atoms with Gasteiger partial charge in [0, 0.05) is 44.3 Å². The summed E-state index contributed by atoms with van der Waals surface area (Å²) in [6, 6.07) is 5.46. The lowest BCUT2D eigenvalue weighted by Crippen LogP contribution is -2.68. The van der Waals surface area contributed by atoms with Gasteiger partial charge in [-0.1, -0.05) is 65.8 Å². The summed E-state index contributed by atoms with van der Waals surface area (Å²) < 4.78 is 41.1. The lowest BCUT2D eigenvalue weighted by Gasteiger charge is -2.72. The molecular weight excluding hydrogens is 837 g/mol. The molecule has 10 atom stereocenters. The minimum Gasteiger partial charge on any atom is -0.475 e. The number of fused-ring (bicyclic) bond motifs is 7. The molecule has 1 N–H and O–H groups in total. The van der Waals surface area contributed by atoms with Crippen LogP contribution in [0.5, 0.6) is 5.88 Å². The van der Waals surface area contributed by atoms with Crippen LogP contribution in [0.25, 0.3) is 0 Å². The van der Waals surface area contributed by atoms with Gasteiger partial charge in [0.1, 0.15) is 23.7 Å². The predicted octanol–water partition coefficient (Wildman–Crippen LogP) is 9.15. The Morgan fingerprint density at radius 3 is 2.42 bits per heavy atom. The Hall–Kier alpha value is -3.53. The van der Waals surface area contributed by atoms with E-state index in [1.165, 1.54) is 68.1 Å². The van der Waals surface area contributed by atoms with Crippen LogP contribution in [-0.4, -0.2) is 86.9 Å². The Bertz CT molecular complexity index is 2240. The number of sulfone groups is 1. The number of hydrogen-bond acceptors (Lipinski definition) is 11. The molecule has 1 saturated heterocycles. The largest absolute Gasteiger partial charge is 0.475 e. The molecule has 0 radical (unpaired) electrons. The van der Waals surface area contributed by atoms with Crippen LogP contribution in [0.3, 0.4) is 0 Å². The van der Waals surface area contributed by atoms with E-state index in [-0.39, 0.29) is 57.6 Å². The van der Waals surface area contributed by atoms with E-state index in [4.69, 9.17) is 14.2 Å². The Morgan fingerprint density at radius 1 is 0.954 bits per heavy atom. The lowest BCUT2D eigenvalue weighted by atomic mass is 9.33. The predicted molar refractivity (Wildman–Crippen MR) is 252 cm³/mol. The summed E-state index contributed by atoms with van der Waals surface area (Å²) in [6.07, 6.45) is 19.0. The number of rotatable bonds is 13. The van der Waals surface area contributed by atoms with Crippen LogP contribution >= 0.6 is 0 Å². The first-order valence-electron chi connectivity index (χ1n) is 24.8. The number of aromatic nitrogens is 1. The van der Waals surface area contributed by atoms with E-state index in [1.54, 1.807) is 25.3 Å². The molecule has 1 aromatic heterocycles. The third kappa shape index (κ3) is 8.34. The quantitative estimate of drug-likeness (QED) is 0.115. The molecule has 4 saturated carbocycles. The van der Waals surface area contributed by atoms with Crippen LogP contribution in [0.4, 0.5) is 0 Å². The average molecular weight is 913 g/mol. The van der Waals surface area contributed by atoms with Crippen LogP contribution < -0.4 is 10.1 Å². The smallest absolute Gasteiger partial charge is 0.318 e. The highest BCUT2D eigenvalue weighted by molar-refractivity contribution is 7.91. The molecule has 0 spiro atoms. The molecular formula is C53H76N4O7S. The topological polar surface area (TPSA) is 148 Å². The molecule has 6 aliphatic carbocycles. The summed E-state index contributed by atoms with van der Waals surface area (Å²) in [5.74, 6) is 2.67. The van der Waals surface area contributed by atoms with Crippen molar-refractivity contribution in [3.63, 3.8) is 0 Å². The molecule has 11 nitrogen and oxygen atoms in total. The van der Waals surface area contributed by atoms with Crippen molar-refractivity contribution in [2.24, 2.45) is 56.7 Å². The van der Waals surface area contributed by atoms with Crippen LogP contribution in [0.1, 0.15) is 138 Å². The van der Waals surface area contributed by atoms with Crippen molar-refractivity contribution in [2.75, 3.05) is 51.1 Å². The second-order valence-corrected chi connectivity index (χ2v) is 25.0. The number of ether oxygens (including phenoxy) is 3. The lowest BCUT2D eigenvalue weighted by molar-refractivity contribution is -0.221. The molecule has 0 unspecified atom stereocenters. The van der Waals surface area contributed by atoms with Crippen LogP contribution in [-0.2, 0) is 28.9 Å². The summed E-state index contributed by atoms with van der Waals surface area (Å²) >= 11 is 0. The molecule has 7 aliphatic rings. The molecule has 65 heavy (non-hydrogen) atoms. The maximum Gasteiger partial charge on any atom is 0.318 e. The van der Waals surface area contributed by atoms with Crippen molar-refractivity contribution in [3.05, 3.63) is 59.3 Å². The minimum absolute atomic E-state index is 0.00972. The van der Waals surface area contributed by atoms with Gasteiger partial charge in [0.05, 0.1) is 11.5 Å². The van der Waals surface area contributed by atoms with Crippen LogP contribution in [0, 0.1) is 68.0 Å². The summed E-state index contributed by atoms with van der Waals surface area (Å²) in [5.41, 5.74) is 3.95. The number of allylic oxidation sites excluding steroid dienone is 5. The zero-order valence-corrected chi connectivity index (χ0v) is 41.3. The molecule has 1 aromatic rings. The summed E-state index contributed by atoms with van der Waals surface area (Å²) in [5, 5.41) is 13.9. The molecule has 356 valence electrons. The summed E-state index contributed by atoms with van der Waals surface area (Å²) in [4.78, 5) is 32.4. The van der Waals surface area contributed by atoms with Gasteiger partial charge in [-0.15, -0.1) is 0 Å². The Labute approximate surface area is 389 Å². The first-order chi connectivity index (χ1) is 30.8. The Balaban J connectivity index is 1.01. The third-order valence-electron chi connectivity index (χ3n) is 19.5. The van der Waals surface area contributed by atoms with Crippen molar-refractivity contribution < 1.29 is 32.2 Å². The zero-order chi connectivity index (χ0) is 46.6. The van der Waals surface area contributed by atoms with Gasteiger partial charge in [-0.3, -0.25) is 9.59 Å². The van der Waals surface area contributed by atoms with E-state index in [9.17, 15) is 23.3 Å². The first-order valence-corrected chi connectivity index (χ1v) is 26.6. The van der Waals surface area contributed by atoms with E-state index in [1.807, 2.05) is 0 Å². The van der Waals surface area contributed by atoms with Crippen molar-refractivity contribution in [1.29, 1.82) is 5.26 Å². The van der Waals surface area contributed by atoms with E-state index in [2.05, 4.69) is 81.5 Å². The zero-order valence-electron chi connectivity index (χ0n) is 40.4. The second-order valence-electron chi connectivity index (χ2n) is 22.7. The van der Waals surface area contributed by atoms with E-state index in [0.717, 1.165) is 19.5 Å². The molecule has 5 fully saturated rings. The molecule has 1 aliphatic heterocycles. The number of hydrogen-bond donors (Lipinski definition) is 1. The number of nitriles is 1. The van der Waals surface area contributed by atoms with Crippen LogP contribution in [0.2, 0.25) is 0 Å². The number of carbonyl (C=O) groups excluding carboxylic acids is 2.